The first-order valence-electron chi connectivity index (χ1n) is 7.11. The molecule has 2 N–H and O–H groups in total. The Balaban J connectivity index is 1.83. The van der Waals surface area contributed by atoms with E-state index in [0.29, 0.717) is 12.8 Å². The molecule has 5 nitrogen and oxygen atoms in total. The summed E-state index contributed by atoms with van der Waals surface area (Å²) in [5.74, 6) is -1.65. The Hall–Kier alpha value is -2.17. The normalized spacial score (nSPS) is 29.5. The number of benzene rings is 1. The van der Waals surface area contributed by atoms with E-state index in [2.05, 4.69) is 10.9 Å². The van der Waals surface area contributed by atoms with Gasteiger partial charge in [-0.15, -0.1) is 0 Å². The minimum Gasteiger partial charge on any atom is -0.299 e. The number of amides is 1. The molecule has 0 heterocycles. The van der Waals surface area contributed by atoms with Gasteiger partial charge < -0.3 is 0 Å². The summed E-state index contributed by atoms with van der Waals surface area (Å²) in [4.78, 5) is 37.0. The molecule has 2 fully saturated rings. The SMILES string of the molecule is CC1(C)[C@H]2CC[C@]1(C(=O)NNc1ccccc1)C(=O)C2=O. The Morgan fingerprint density at radius 3 is 2.43 bits per heavy atom. The molecule has 2 atom stereocenters. The highest BCUT2D eigenvalue weighted by Crippen LogP contribution is 2.62. The molecule has 0 spiro atoms. The number of nitrogens with one attached hydrogen (secondary N) is 2. The predicted molar refractivity (Wildman–Crippen MR) is 77.2 cm³/mol. The Kier molecular flexibility index (Phi) is 2.90. The van der Waals surface area contributed by atoms with E-state index in [0.717, 1.165) is 5.69 Å². The zero-order chi connectivity index (χ0) is 15.3. The van der Waals surface area contributed by atoms with Crippen LogP contribution in [0.5, 0.6) is 0 Å². The molecule has 0 unspecified atom stereocenters. The lowest BCUT2D eigenvalue weighted by Crippen LogP contribution is -2.51. The average molecular weight is 286 g/mol. The van der Waals surface area contributed by atoms with Crippen LogP contribution in [-0.2, 0) is 14.4 Å². The standard InChI is InChI=1S/C16H18N2O3/c1-15(2)11-8-9-16(15,13(20)12(11)19)14(21)18-17-10-6-4-3-5-7-10/h3-7,11,17H,8-9H2,1-2H3,(H,18,21)/t11-,16+/m0/s1. The number of carbonyl (C=O) groups is 3. The maximum Gasteiger partial charge on any atom is 0.253 e. The fourth-order valence-corrected chi connectivity index (χ4v) is 3.84. The molecule has 2 aliphatic carbocycles. The quantitative estimate of drug-likeness (QED) is 0.504. The van der Waals surface area contributed by atoms with E-state index >= 15 is 0 Å². The molecule has 2 bridgehead atoms. The summed E-state index contributed by atoms with van der Waals surface area (Å²) in [5, 5.41) is 0. The Morgan fingerprint density at radius 2 is 1.86 bits per heavy atom. The summed E-state index contributed by atoms with van der Waals surface area (Å²) in [6.07, 6.45) is 1.05. The molecular weight excluding hydrogens is 268 g/mol. The van der Waals surface area contributed by atoms with Crippen molar-refractivity contribution < 1.29 is 14.4 Å². The highest BCUT2D eigenvalue weighted by Gasteiger charge is 2.72. The zero-order valence-corrected chi connectivity index (χ0v) is 12.1. The topological polar surface area (TPSA) is 75.3 Å². The van der Waals surface area contributed by atoms with Crippen molar-refractivity contribution in [2.45, 2.75) is 26.7 Å². The van der Waals surface area contributed by atoms with Crippen molar-refractivity contribution >= 4 is 23.2 Å². The number of Topliss-reactive ketones (excluding diaryl/α,β-unsaturated/α-hetero) is 2. The molecule has 2 aliphatic rings. The Morgan fingerprint density at radius 1 is 1.19 bits per heavy atom. The fraction of sp³-hybridized carbons (Fsp3) is 0.438. The van der Waals surface area contributed by atoms with Gasteiger partial charge in [-0.25, -0.2) is 0 Å². The summed E-state index contributed by atoms with van der Waals surface area (Å²) < 4.78 is 0. The minimum absolute atomic E-state index is 0.326. The molecule has 1 aromatic rings. The van der Waals surface area contributed by atoms with Gasteiger partial charge in [0.1, 0.15) is 5.41 Å². The van der Waals surface area contributed by atoms with Crippen LogP contribution in [0.3, 0.4) is 0 Å². The van der Waals surface area contributed by atoms with Gasteiger partial charge in [0.15, 0.2) is 0 Å². The largest absolute Gasteiger partial charge is 0.299 e. The highest BCUT2D eigenvalue weighted by atomic mass is 16.2. The van der Waals surface area contributed by atoms with Crippen LogP contribution in [0.25, 0.3) is 0 Å². The van der Waals surface area contributed by atoms with Crippen LogP contribution >= 0.6 is 0 Å². The van der Waals surface area contributed by atoms with Crippen molar-refractivity contribution in [3.63, 3.8) is 0 Å². The van der Waals surface area contributed by atoms with E-state index in [4.69, 9.17) is 0 Å². The van der Waals surface area contributed by atoms with Gasteiger partial charge in [-0.1, -0.05) is 32.0 Å². The van der Waals surface area contributed by atoms with Crippen LogP contribution in [0, 0.1) is 16.7 Å². The van der Waals surface area contributed by atoms with Gasteiger partial charge in [-0.2, -0.15) is 0 Å². The lowest BCUT2D eigenvalue weighted by molar-refractivity contribution is -0.148. The summed E-state index contributed by atoms with van der Waals surface area (Å²) in [7, 11) is 0. The van der Waals surface area contributed by atoms with E-state index < -0.39 is 22.5 Å². The van der Waals surface area contributed by atoms with Gasteiger partial charge in [0, 0.05) is 5.92 Å². The summed E-state index contributed by atoms with van der Waals surface area (Å²) in [6, 6.07) is 9.17. The molecule has 5 heteroatoms. The van der Waals surface area contributed by atoms with Crippen LogP contribution in [0.15, 0.2) is 30.3 Å². The second-order valence-corrected chi connectivity index (χ2v) is 6.36. The smallest absolute Gasteiger partial charge is 0.253 e. The van der Waals surface area contributed by atoms with Crippen molar-refractivity contribution in [3.05, 3.63) is 30.3 Å². The van der Waals surface area contributed by atoms with Gasteiger partial charge in [-0.3, -0.25) is 25.2 Å². The van der Waals surface area contributed by atoms with Crippen molar-refractivity contribution in [3.8, 4) is 0 Å². The van der Waals surface area contributed by atoms with Gasteiger partial charge in [0.25, 0.3) is 5.91 Å². The number of hydrazine groups is 1. The molecule has 3 rings (SSSR count). The number of para-hydroxylation sites is 1. The van der Waals surface area contributed by atoms with Gasteiger partial charge in [0.2, 0.25) is 11.6 Å². The highest BCUT2D eigenvalue weighted by molar-refractivity contribution is 6.47. The molecule has 0 saturated heterocycles. The molecule has 1 aromatic carbocycles. The fourth-order valence-electron chi connectivity index (χ4n) is 3.84. The minimum atomic E-state index is -1.23. The predicted octanol–water partition coefficient (Wildman–Crippen LogP) is 1.70. The lowest BCUT2D eigenvalue weighted by atomic mass is 9.68. The second kappa shape index (κ2) is 4.41. The maximum atomic E-state index is 12.6. The zero-order valence-electron chi connectivity index (χ0n) is 12.1. The molecule has 0 aromatic heterocycles. The number of ketones is 2. The van der Waals surface area contributed by atoms with Crippen molar-refractivity contribution in [2.75, 3.05) is 5.43 Å². The van der Waals surface area contributed by atoms with Crippen LogP contribution in [0.4, 0.5) is 5.69 Å². The van der Waals surface area contributed by atoms with Gasteiger partial charge in [0.05, 0.1) is 5.69 Å². The number of hydrogen-bond donors (Lipinski definition) is 2. The number of fused-ring (bicyclic) bond motifs is 2. The molecule has 2 saturated carbocycles. The van der Waals surface area contributed by atoms with E-state index in [-0.39, 0.29) is 11.7 Å². The van der Waals surface area contributed by atoms with Crippen molar-refractivity contribution in [1.29, 1.82) is 0 Å². The van der Waals surface area contributed by atoms with E-state index in [9.17, 15) is 14.4 Å². The number of anilines is 1. The number of rotatable bonds is 3. The van der Waals surface area contributed by atoms with Crippen LogP contribution in [-0.4, -0.2) is 17.5 Å². The first kappa shape index (κ1) is 13.8. The Bertz CT molecular complexity index is 624. The second-order valence-electron chi connectivity index (χ2n) is 6.36. The summed E-state index contributed by atoms with van der Waals surface area (Å²) in [6.45, 7) is 3.69. The van der Waals surface area contributed by atoms with E-state index in [1.807, 2.05) is 44.2 Å². The molecule has 0 radical (unpaired) electrons. The number of carbonyl (C=O) groups excluding carboxylic acids is 3. The van der Waals surface area contributed by atoms with Crippen molar-refractivity contribution in [1.82, 2.24) is 5.43 Å². The van der Waals surface area contributed by atoms with E-state index in [1.54, 1.807) is 0 Å². The maximum absolute atomic E-state index is 12.6. The third-order valence-corrected chi connectivity index (χ3v) is 5.19. The molecule has 21 heavy (non-hydrogen) atoms. The number of hydrogen-bond acceptors (Lipinski definition) is 4. The summed E-state index contributed by atoms with van der Waals surface area (Å²) in [5.41, 5.74) is 4.29. The lowest BCUT2D eigenvalue weighted by Gasteiger charge is -2.33. The van der Waals surface area contributed by atoms with Gasteiger partial charge in [-0.05, 0) is 30.4 Å². The van der Waals surface area contributed by atoms with Crippen molar-refractivity contribution in [2.24, 2.45) is 16.7 Å². The van der Waals surface area contributed by atoms with Gasteiger partial charge >= 0.3 is 0 Å². The van der Waals surface area contributed by atoms with E-state index in [1.165, 1.54) is 0 Å². The molecular formula is C16H18N2O3. The first-order chi connectivity index (χ1) is 9.91. The van der Waals surface area contributed by atoms with Crippen LogP contribution in [0.2, 0.25) is 0 Å². The molecule has 110 valence electrons. The first-order valence-corrected chi connectivity index (χ1v) is 7.11. The average Bonchev–Trinajstić information content (AvgIpc) is 2.82. The monoisotopic (exact) mass is 286 g/mol. The summed E-state index contributed by atoms with van der Waals surface area (Å²) >= 11 is 0. The third-order valence-electron chi connectivity index (χ3n) is 5.19. The third kappa shape index (κ3) is 1.66. The van der Waals surface area contributed by atoms with Crippen LogP contribution < -0.4 is 10.9 Å². The Labute approximate surface area is 123 Å². The molecule has 0 aliphatic heterocycles. The van der Waals surface area contributed by atoms with Crippen LogP contribution in [0.1, 0.15) is 26.7 Å². The molecule has 1 amide bonds.